The minimum absolute atomic E-state index is 0.0856. The van der Waals surface area contributed by atoms with Gasteiger partial charge in [0.2, 0.25) is 0 Å². The quantitative estimate of drug-likeness (QED) is 0.838. The van der Waals surface area contributed by atoms with Crippen molar-refractivity contribution in [3.8, 4) is 11.5 Å². The smallest absolute Gasteiger partial charge is 0.251 e. The predicted octanol–water partition coefficient (Wildman–Crippen LogP) is 1.74. The van der Waals surface area contributed by atoms with E-state index in [4.69, 9.17) is 9.47 Å². The molecule has 1 aromatic rings. The Morgan fingerprint density at radius 1 is 1.33 bits per heavy atom. The minimum atomic E-state index is -0.0856. The van der Waals surface area contributed by atoms with Crippen molar-refractivity contribution in [3.63, 3.8) is 0 Å². The van der Waals surface area contributed by atoms with Crippen molar-refractivity contribution in [3.05, 3.63) is 23.3 Å². The Hall–Kier alpha value is -1.75. The molecule has 1 heterocycles. The molecule has 0 saturated carbocycles. The van der Waals surface area contributed by atoms with Crippen LogP contribution in [0.5, 0.6) is 11.5 Å². The summed E-state index contributed by atoms with van der Waals surface area (Å²) in [5.41, 5.74) is 1.47. The zero-order valence-electron chi connectivity index (χ0n) is 13.0. The highest BCUT2D eigenvalue weighted by atomic mass is 16.5. The van der Waals surface area contributed by atoms with Crippen LogP contribution in [-0.2, 0) is 0 Å². The highest BCUT2D eigenvalue weighted by Gasteiger charge is 2.16. The second-order valence-corrected chi connectivity index (χ2v) is 5.41. The largest absolute Gasteiger partial charge is 0.496 e. The van der Waals surface area contributed by atoms with Gasteiger partial charge in [0.25, 0.3) is 5.91 Å². The summed E-state index contributed by atoms with van der Waals surface area (Å²) >= 11 is 0. The molecular weight excluding hydrogens is 268 g/mol. The van der Waals surface area contributed by atoms with E-state index in [1.54, 1.807) is 26.4 Å². The lowest BCUT2D eigenvalue weighted by Gasteiger charge is -2.13. The molecule has 0 aromatic heterocycles. The third kappa shape index (κ3) is 3.88. The molecule has 0 radical (unpaired) electrons. The highest BCUT2D eigenvalue weighted by molar-refractivity contribution is 5.95. The molecule has 1 amide bonds. The van der Waals surface area contributed by atoms with Gasteiger partial charge in [-0.3, -0.25) is 4.79 Å². The zero-order valence-corrected chi connectivity index (χ0v) is 13.0. The molecule has 0 aliphatic carbocycles. The van der Waals surface area contributed by atoms with Crippen LogP contribution in [0.15, 0.2) is 12.1 Å². The van der Waals surface area contributed by atoms with E-state index in [1.807, 2.05) is 6.92 Å². The average Bonchev–Trinajstić information content (AvgIpc) is 3.00. The molecule has 1 aromatic carbocycles. The second kappa shape index (κ2) is 7.31. The second-order valence-electron chi connectivity index (χ2n) is 5.41. The van der Waals surface area contributed by atoms with E-state index in [1.165, 1.54) is 6.42 Å². The van der Waals surface area contributed by atoms with Crippen molar-refractivity contribution in [2.75, 3.05) is 33.9 Å². The number of hydrogen-bond donors (Lipinski definition) is 2. The maximum Gasteiger partial charge on any atom is 0.251 e. The van der Waals surface area contributed by atoms with Crippen LogP contribution in [0.1, 0.15) is 28.8 Å². The molecule has 5 heteroatoms. The first kappa shape index (κ1) is 15.6. The Labute approximate surface area is 126 Å². The number of amides is 1. The highest BCUT2D eigenvalue weighted by Crippen LogP contribution is 2.29. The van der Waals surface area contributed by atoms with E-state index in [2.05, 4.69) is 10.6 Å². The fraction of sp³-hybridized carbons (Fsp3) is 0.562. The van der Waals surface area contributed by atoms with Crippen LogP contribution in [0.3, 0.4) is 0 Å². The topological polar surface area (TPSA) is 59.6 Å². The van der Waals surface area contributed by atoms with E-state index in [0.717, 1.165) is 25.1 Å². The van der Waals surface area contributed by atoms with Gasteiger partial charge in [-0.2, -0.15) is 0 Å². The summed E-state index contributed by atoms with van der Waals surface area (Å²) in [7, 11) is 3.19. The van der Waals surface area contributed by atoms with Gasteiger partial charge in [0.05, 0.1) is 14.2 Å². The molecule has 0 spiro atoms. The number of rotatable bonds is 6. The van der Waals surface area contributed by atoms with Gasteiger partial charge in [0.1, 0.15) is 11.5 Å². The van der Waals surface area contributed by atoms with Crippen molar-refractivity contribution in [1.29, 1.82) is 0 Å². The monoisotopic (exact) mass is 292 g/mol. The standard InChI is InChI=1S/C16H24N2O3/c1-11-14(20-2)8-13(9-15(11)21-3)16(19)18-7-5-12-4-6-17-10-12/h8-9,12,17H,4-7,10H2,1-3H3,(H,18,19). The number of benzene rings is 1. The molecule has 0 bridgehead atoms. The number of ether oxygens (including phenoxy) is 2. The minimum Gasteiger partial charge on any atom is -0.496 e. The van der Waals surface area contributed by atoms with Crippen LogP contribution in [0, 0.1) is 12.8 Å². The van der Waals surface area contributed by atoms with E-state index in [0.29, 0.717) is 29.5 Å². The first-order valence-electron chi connectivity index (χ1n) is 7.37. The normalized spacial score (nSPS) is 17.6. The third-order valence-corrected chi connectivity index (χ3v) is 4.01. The molecule has 1 fully saturated rings. The summed E-state index contributed by atoms with van der Waals surface area (Å²) in [6.45, 7) is 4.75. The van der Waals surface area contributed by atoms with E-state index in [-0.39, 0.29) is 5.91 Å². The van der Waals surface area contributed by atoms with Crippen LogP contribution in [0.2, 0.25) is 0 Å². The lowest BCUT2D eigenvalue weighted by atomic mass is 10.0. The van der Waals surface area contributed by atoms with E-state index in [9.17, 15) is 4.79 Å². The van der Waals surface area contributed by atoms with Crippen LogP contribution < -0.4 is 20.1 Å². The van der Waals surface area contributed by atoms with Crippen LogP contribution in [-0.4, -0.2) is 39.8 Å². The number of methoxy groups -OCH3 is 2. The molecule has 2 N–H and O–H groups in total. The van der Waals surface area contributed by atoms with Crippen molar-refractivity contribution in [2.45, 2.75) is 19.8 Å². The number of carbonyl (C=O) groups excluding carboxylic acids is 1. The van der Waals surface area contributed by atoms with Gasteiger partial charge >= 0.3 is 0 Å². The summed E-state index contributed by atoms with van der Waals surface area (Å²) in [4.78, 5) is 12.2. The van der Waals surface area contributed by atoms with Crippen LogP contribution in [0.4, 0.5) is 0 Å². The number of carbonyl (C=O) groups is 1. The first-order chi connectivity index (χ1) is 10.2. The number of hydrogen-bond acceptors (Lipinski definition) is 4. The van der Waals surface area contributed by atoms with Gasteiger partial charge in [-0.15, -0.1) is 0 Å². The Morgan fingerprint density at radius 3 is 2.52 bits per heavy atom. The fourth-order valence-corrected chi connectivity index (χ4v) is 2.67. The van der Waals surface area contributed by atoms with E-state index < -0.39 is 0 Å². The molecule has 116 valence electrons. The molecule has 1 aliphatic rings. The number of nitrogens with one attached hydrogen (secondary N) is 2. The zero-order chi connectivity index (χ0) is 15.2. The van der Waals surface area contributed by atoms with Gasteiger partial charge in [-0.25, -0.2) is 0 Å². The Kier molecular flexibility index (Phi) is 5.44. The molecule has 1 atom stereocenters. The predicted molar refractivity (Wildman–Crippen MR) is 82.2 cm³/mol. The molecular formula is C16H24N2O3. The van der Waals surface area contributed by atoms with Crippen molar-refractivity contribution in [1.82, 2.24) is 10.6 Å². The first-order valence-corrected chi connectivity index (χ1v) is 7.37. The van der Waals surface area contributed by atoms with Crippen molar-refractivity contribution < 1.29 is 14.3 Å². The lowest BCUT2D eigenvalue weighted by molar-refractivity contribution is 0.0951. The van der Waals surface area contributed by atoms with E-state index >= 15 is 0 Å². The molecule has 2 rings (SSSR count). The SMILES string of the molecule is COc1cc(C(=O)NCCC2CCNC2)cc(OC)c1C. The van der Waals surface area contributed by atoms with Crippen LogP contribution >= 0.6 is 0 Å². The summed E-state index contributed by atoms with van der Waals surface area (Å²) in [5, 5.41) is 6.30. The van der Waals surface area contributed by atoms with Gasteiger partial charge in [0, 0.05) is 17.7 Å². The fourth-order valence-electron chi connectivity index (χ4n) is 2.67. The summed E-state index contributed by atoms with van der Waals surface area (Å²) in [5.74, 6) is 1.92. The summed E-state index contributed by atoms with van der Waals surface area (Å²) < 4.78 is 10.6. The maximum absolute atomic E-state index is 12.2. The lowest BCUT2D eigenvalue weighted by Crippen LogP contribution is -2.26. The third-order valence-electron chi connectivity index (χ3n) is 4.01. The Balaban J connectivity index is 1.97. The Morgan fingerprint density at radius 2 is 2.00 bits per heavy atom. The summed E-state index contributed by atoms with van der Waals surface area (Å²) in [6.07, 6.45) is 2.21. The molecule has 1 aliphatic heterocycles. The maximum atomic E-state index is 12.2. The van der Waals surface area contributed by atoms with Crippen molar-refractivity contribution in [2.24, 2.45) is 5.92 Å². The van der Waals surface area contributed by atoms with Gasteiger partial charge in [-0.1, -0.05) is 0 Å². The van der Waals surface area contributed by atoms with Gasteiger partial charge in [-0.05, 0) is 50.9 Å². The van der Waals surface area contributed by atoms with Gasteiger partial charge in [0.15, 0.2) is 0 Å². The molecule has 1 saturated heterocycles. The average molecular weight is 292 g/mol. The van der Waals surface area contributed by atoms with Crippen LogP contribution in [0.25, 0.3) is 0 Å². The molecule has 21 heavy (non-hydrogen) atoms. The molecule has 5 nitrogen and oxygen atoms in total. The Bertz CT molecular complexity index is 471. The molecule has 1 unspecified atom stereocenters. The van der Waals surface area contributed by atoms with Gasteiger partial charge < -0.3 is 20.1 Å². The summed E-state index contributed by atoms with van der Waals surface area (Å²) in [6, 6.07) is 3.51. The van der Waals surface area contributed by atoms with Crippen molar-refractivity contribution >= 4 is 5.91 Å².